The van der Waals surface area contributed by atoms with Crippen molar-refractivity contribution < 1.29 is 4.74 Å². The normalized spacial score (nSPS) is 10.4. The maximum atomic E-state index is 6.08. The first-order chi connectivity index (χ1) is 9.25. The fourth-order valence-electron chi connectivity index (χ4n) is 1.60. The van der Waals surface area contributed by atoms with Crippen LogP contribution in [0, 0.1) is 0 Å². The van der Waals surface area contributed by atoms with Crippen molar-refractivity contribution >= 4 is 29.1 Å². The largest absolute Gasteiger partial charge is 0.493 e. The van der Waals surface area contributed by atoms with E-state index in [0.29, 0.717) is 6.61 Å². The molecule has 4 heteroatoms. The number of rotatable bonds is 6. The molecule has 0 aliphatic carbocycles. The molecule has 0 saturated heterocycles. The molecule has 0 heterocycles. The van der Waals surface area contributed by atoms with Gasteiger partial charge in [0.2, 0.25) is 0 Å². The van der Waals surface area contributed by atoms with Gasteiger partial charge in [0.1, 0.15) is 5.75 Å². The van der Waals surface area contributed by atoms with Crippen molar-refractivity contribution in [1.82, 2.24) is 0 Å². The first kappa shape index (κ1) is 14.1. The first-order valence-electron chi connectivity index (χ1n) is 6.11. The van der Waals surface area contributed by atoms with Gasteiger partial charge in [-0.15, -0.1) is 11.8 Å². The number of nitrogen functional groups attached to an aromatic ring is 1. The molecule has 0 unspecified atom stereocenters. The number of halogens is 1. The lowest BCUT2D eigenvalue weighted by molar-refractivity contribution is 0.319. The second kappa shape index (κ2) is 7.31. The van der Waals surface area contributed by atoms with Crippen LogP contribution in [0.25, 0.3) is 0 Å². The topological polar surface area (TPSA) is 35.2 Å². The van der Waals surface area contributed by atoms with Gasteiger partial charge in [0, 0.05) is 22.4 Å². The molecule has 0 radical (unpaired) electrons. The third kappa shape index (κ3) is 4.69. The minimum atomic E-state index is 0.681. The Balaban J connectivity index is 1.69. The number of hydrogen-bond donors (Lipinski definition) is 1. The smallest absolute Gasteiger partial charge is 0.121 e. The van der Waals surface area contributed by atoms with Crippen LogP contribution in [0.1, 0.15) is 6.42 Å². The molecule has 0 spiro atoms. The Morgan fingerprint density at radius 1 is 1.11 bits per heavy atom. The Hall–Kier alpha value is -1.32. The van der Waals surface area contributed by atoms with Gasteiger partial charge in [-0.3, -0.25) is 0 Å². The highest BCUT2D eigenvalue weighted by Gasteiger charge is 1.99. The van der Waals surface area contributed by atoms with E-state index in [1.807, 2.05) is 48.5 Å². The van der Waals surface area contributed by atoms with E-state index >= 15 is 0 Å². The van der Waals surface area contributed by atoms with Crippen molar-refractivity contribution in [2.45, 2.75) is 11.3 Å². The summed E-state index contributed by atoms with van der Waals surface area (Å²) in [5, 5.41) is 0.809. The molecule has 0 aliphatic heterocycles. The Kier molecular flexibility index (Phi) is 5.43. The average Bonchev–Trinajstić information content (AvgIpc) is 2.40. The van der Waals surface area contributed by atoms with E-state index in [9.17, 15) is 0 Å². The monoisotopic (exact) mass is 293 g/mol. The first-order valence-corrected chi connectivity index (χ1v) is 7.48. The molecule has 0 amide bonds. The molecule has 0 fully saturated rings. The van der Waals surface area contributed by atoms with Gasteiger partial charge in [-0.1, -0.05) is 29.8 Å². The highest BCUT2D eigenvalue weighted by Crippen LogP contribution is 2.27. The van der Waals surface area contributed by atoms with Crippen LogP contribution in [0.15, 0.2) is 53.4 Å². The fraction of sp³-hybridized carbons (Fsp3) is 0.200. The molecular formula is C15H16ClNOS. The van der Waals surface area contributed by atoms with Crippen LogP contribution in [-0.2, 0) is 0 Å². The third-order valence-electron chi connectivity index (χ3n) is 2.51. The predicted molar refractivity (Wildman–Crippen MR) is 83.1 cm³/mol. The molecule has 2 aromatic carbocycles. The van der Waals surface area contributed by atoms with Crippen LogP contribution in [0.2, 0.25) is 5.02 Å². The number of nitrogens with two attached hydrogens (primary N) is 1. The SMILES string of the molecule is Nc1cccc(OCCCSc2ccccc2Cl)c1. The van der Waals surface area contributed by atoms with Crippen LogP contribution in [-0.4, -0.2) is 12.4 Å². The Labute approximate surface area is 122 Å². The summed E-state index contributed by atoms with van der Waals surface area (Å²) >= 11 is 7.83. The Morgan fingerprint density at radius 3 is 2.74 bits per heavy atom. The van der Waals surface area contributed by atoms with E-state index in [1.54, 1.807) is 11.8 Å². The molecule has 0 aliphatic rings. The van der Waals surface area contributed by atoms with Crippen LogP contribution in [0.5, 0.6) is 5.75 Å². The van der Waals surface area contributed by atoms with Gasteiger partial charge in [-0.2, -0.15) is 0 Å². The van der Waals surface area contributed by atoms with E-state index in [-0.39, 0.29) is 0 Å². The van der Waals surface area contributed by atoms with E-state index in [4.69, 9.17) is 22.1 Å². The summed E-state index contributed by atoms with van der Waals surface area (Å²) in [5.74, 6) is 1.80. The third-order valence-corrected chi connectivity index (χ3v) is 4.11. The second-order valence-electron chi connectivity index (χ2n) is 4.05. The van der Waals surface area contributed by atoms with Crippen molar-refractivity contribution in [3.8, 4) is 5.75 Å². The van der Waals surface area contributed by atoms with Crippen LogP contribution >= 0.6 is 23.4 Å². The number of hydrogen-bond acceptors (Lipinski definition) is 3. The van der Waals surface area contributed by atoms with Crippen LogP contribution in [0.4, 0.5) is 5.69 Å². The summed E-state index contributed by atoms with van der Waals surface area (Å²) in [6.45, 7) is 0.681. The maximum absolute atomic E-state index is 6.08. The van der Waals surface area contributed by atoms with Crippen molar-refractivity contribution in [2.24, 2.45) is 0 Å². The van der Waals surface area contributed by atoms with Crippen molar-refractivity contribution in [2.75, 3.05) is 18.1 Å². The van der Waals surface area contributed by atoms with Gasteiger partial charge in [-0.05, 0) is 30.7 Å². The fourth-order valence-corrected chi connectivity index (χ4v) is 2.76. The summed E-state index contributed by atoms with van der Waals surface area (Å²) in [6, 6.07) is 15.4. The zero-order chi connectivity index (χ0) is 13.5. The average molecular weight is 294 g/mol. The molecule has 0 bridgehead atoms. The lowest BCUT2D eigenvalue weighted by Crippen LogP contribution is -1.99. The quantitative estimate of drug-likeness (QED) is 0.484. The van der Waals surface area contributed by atoms with Gasteiger partial charge in [0.15, 0.2) is 0 Å². The standard InChI is InChI=1S/C15H16ClNOS/c16-14-7-1-2-8-15(14)19-10-4-9-18-13-6-3-5-12(17)11-13/h1-3,5-8,11H,4,9-10,17H2. The highest BCUT2D eigenvalue weighted by atomic mass is 35.5. The Morgan fingerprint density at radius 2 is 1.95 bits per heavy atom. The molecule has 2 nitrogen and oxygen atoms in total. The zero-order valence-corrected chi connectivity index (χ0v) is 12.1. The minimum Gasteiger partial charge on any atom is -0.493 e. The highest BCUT2D eigenvalue weighted by molar-refractivity contribution is 7.99. The van der Waals surface area contributed by atoms with Crippen molar-refractivity contribution in [1.29, 1.82) is 0 Å². The van der Waals surface area contributed by atoms with E-state index < -0.39 is 0 Å². The molecule has 0 aromatic heterocycles. The van der Waals surface area contributed by atoms with Gasteiger partial charge < -0.3 is 10.5 Å². The van der Waals surface area contributed by atoms with Crippen molar-refractivity contribution in [3.05, 3.63) is 53.6 Å². The van der Waals surface area contributed by atoms with Crippen LogP contribution in [0.3, 0.4) is 0 Å². The summed E-state index contributed by atoms with van der Waals surface area (Å²) < 4.78 is 5.63. The number of thioether (sulfide) groups is 1. The lowest BCUT2D eigenvalue weighted by Gasteiger charge is -2.07. The molecule has 2 aromatic rings. The number of benzene rings is 2. The van der Waals surface area contributed by atoms with Gasteiger partial charge in [0.05, 0.1) is 11.6 Å². The van der Waals surface area contributed by atoms with E-state index in [2.05, 4.69) is 0 Å². The predicted octanol–water partition coefficient (Wildman–Crippen LogP) is 4.48. The Bertz CT molecular complexity index is 533. The number of ether oxygens (including phenoxy) is 1. The van der Waals surface area contributed by atoms with Gasteiger partial charge in [-0.25, -0.2) is 0 Å². The summed E-state index contributed by atoms with van der Waals surface area (Å²) in [6.07, 6.45) is 0.963. The minimum absolute atomic E-state index is 0.681. The molecule has 0 saturated carbocycles. The lowest BCUT2D eigenvalue weighted by atomic mass is 10.3. The second-order valence-corrected chi connectivity index (χ2v) is 5.60. The van der Waals surface area contributed by atoms with Gasteiger partial charge in [0.25, 0.3) is 0 Å². The molecule has 100 valence electrons. The molecular weight excluding hydrogens is 278 g/mol. The van der Waals surface area contributed by atoms with Crippen LogP contribution < -0.4 is 10.5 Å². The van der Waals surface area contributed by atoms with E-state index in [1.165, 1.54) is 0 Å². The summed E-state index contributed by atoms with van der Waals surface area (Å²) in [4.78, 5) is 1.12. The zero-order valence-electron chi connectivity index (χ0n) is 10.5. The van der Waals surface area contributed by atoms with E-state index in [0.717, 1.165) is 33.5 Å². The molecule has 2 rings (SSSR count). The molecule has 2 N–H and O–H groups in total. The summed E-state index contributed by atoms with van der Waals surface area (Å²) in [7, 11) is 0. The summed E-state index contributed by atoms with van der Waals surface area (Å²) in [5.41, 5.74) is 6.41. The maximum Gasteiger partial charge on any atom is 0.121 e. The van der Waals surface area contributed by atoms with Gasteiger partial charge >= 0.3 is 0 Å². The number of anilines is 1. The van der Waals surface area contributed by atoms with Crippen molar-refractivity contribution in [3.63, 3.8) is 0 Å². The molecule has 19 heavy (non-hydrogen) atoms. The molecule has 0 atom stereocenters.